The molecule has 0 aromatic heterocycles. The van der Waals surface area contributed by atoms with Crippen LogP contribution in [0.1, 0.15) is 28.4 Å². The zero-order chi connectivity index (χ0) is 15.4. The number of halogens is 2. The van der Waals surface area contributed by atoms with Gasteiger partial charge in [-0.15, -0.1) is 0 Å². The lowest BCUT2D eigenvalue weighted by molar-refractivity contribution is 0.0751. The molecule has 0 spiro atoms. The number of nitrogens with zero attached hydrogens (tertiary/aromatic N) is 1. The summed E-state index contributed by atoms with van der Waals surface area (Å²) in [4.78, 5) is 14.3. The lowest BCUT2D eigenvalue weighted by Crippen LogP contribution is -2.30. The van der Waals surface area contributed by atoms with Crippen molar-refractivity contribution in [2.24, 2.45) is 0 Å². The summed E-state index contributed by atoms with van der Waals surface area (Å²) in [7, 11) is 0. The molecular weight excluding hydrogens is 333 g/mol. The molecule has 2 nitrogen and oxygen atoms in total. The van der Waals surface area contributed by atoms with E-state index in [1.54, 1.807) is 11.0 Å². The summed E-state index contributed by atoms with van der Waals surface area (Å²) >= 11 is 3.43. The Morgan fingerprint density at radius 1 is 1.24 bits per heavy atom. The fourth-order valence-corrected chi connectivity index (χ4v) is 2.81. The molecule has 0 bridgehead atoms. The summed E-state index contributed by atoms with van der Waals surface area (Å²) in [5, 5.41) is 0. The molecule has 2 aromatic carbocycles. The molecule has 0 atom stereocenters. The van der Waals surface area contributed by atoms with Crippen LogP contribution in [0.25, 0.3) is 0 Å². The van der Waals surface area contributed by atoms with Crippen molar-refractivity contribution in [3.63, 3.8) is 0 Å². The van der Waals surface area contributed by atoms with Gasteiger partial charge in [0.15, 0.2) is 0 Å². The molecule has 0 heterocycles. The highest BCUT2D eigenvalue weighted by Crippen LogP contribution is 2.21. The quantitative estimate of drug-likeness (QED) is 0.792. The Labute approximate surface area is 132 Å². The minimum atomic E-state index is -0.285. The maximum Gasteiger partial charge on any atom is 0.255 e. The minimum absolute atomic E-state index is 0.0614. The minimum Gasteiger partial charge on any atom is -0.335 e. The molecule has 0 fully saturated rings. The summed E-state index contributed by atoms with van der Waals surface area (Å²) in [6.45, 7) is 4.85. The van der Waals surface area contributed by atoms with Crippen LogP contribution in [0.2, 0.25) is 0 Å². The number of rotatable bonds is 4. The van der Waals surface area contributed by atoms with Gasteiger partial charge in [-0.2, -0.15) is 0 Å². The van der Waals surface area contributed by atoms with Gasteiger partial charge in [0.25, 0.3) is 5.91 Å². The van der Waals surface area contributed by atoms with E-state index in [4.69, 9.17) is 0 Å². The third-order valence-electron chi connectivity index (χ3n) is 3.29. The molecule has 0 radical (unpaired) electrons. The van der Waals surface area contributed by atoms with E-state index in [-0.39, 0.29) is 11.7 Å². The molecule has 2 rings (SSSR count). The van der Waals surface area contributed by atoms with Crippen LogP contribution in [0.15, 0.2) is 46.9 Å². The fourth-order valence-electron chi connectivity index (χ4n) is 2.15. The van der Waals surface area contributed by atoms with Crippen LogP contribution in [-0.4, -0.2) is 17.4 Å². The van der Waals surface area contributed by atoms with Crippen molar-refractivity contribution in [3.05, 3.63) is 69.4 Å². The Hall–Kier alpha value is -1.68. The van der Waals surface area contributed by atoms with Gasteiger partial charge in [0, 0.05) is 17.6 Å². The normalized spacial score (nSPS) is 10.5. The Morgan fingerprint density at radius 3 is 2.62 bits per heavy atom. The lowest BCUT2D eigenvalue weighted by atomic mass is 10.1. The zero-order valence-corrected chi connectivity index (χ0v) is 13.7. The second-order valence-corrected chi connectivity index (χ2v) is 5.79. The first-order valence-corrected chi connectivity index (χ1v) is 7.60. The monoisotopic (exact) mass is 349 g/mol. The van der Waals surface area contributed by atoms with Crippen molar-refractivity contribution in [2.45, 2.75) is 20.4 Å². The number of carbonyl (C=O) groups is 1. The molecule has 0 aliphatic carbocycles. The molecule has 0 unspecified atom stereocenters. The van der Waals surface area contributed by atoms with Crippen molar-refractivity contribution in [1.29, 1.82) is 0 Å². The van der Waals surface area contributed by atoms with Crippen molar-refractivity contribution in [2.75, 3.05) is 6.54 Å². The fraction of sp³-hybridized carbons (Fsp3) is 0.235. The maximum absolute atomic E-state index is 13.2. The Bertz CT molecular complexity index is 657. The van der Waals surface area contributed by atoms with Gasteiger partial charge >= 0.3 is 0 Å². The third kappa shape index (κ3) is 3.91. The standard InChI is InChI=1S/C17H17BrFNO/c1-3-20(11-13-5-4-6-14(19)10-13)17(21)15-8-7-12(2)9-16(15)18/h4-10H,3,11H2,1-2H3. The van der Waals surface area contributed by atoms with Crippen LogP contribution in [0, 0.1) is 12.7 Å². The Kier molecular flexibility index (Phi) is 5.12. The van der Waals surface area contributed by atoms with E-state index in [2.05, 4.69) is 15.9 Å². The number of amides is 1. The molecule has 0 N–H and O–H groups in total. The number of carbonyl (C=O) groups excluding carboxylic acids is 1. The summed E-state index contributed by atoms with van der Waals surface area (Å²) in [5.74, 6) is -0.346. The zero-order valence-electron chi connectivity index (χ0n) is 12.1. The van der Waals surface area contributed by atoms with E-state index in [1.807, 2.05) is 38.1 Å². The first-order chi connectivity index (χ1) is 10.0. The van der Waals surface area contributed by atoms with Gasteiger partial charge in [-0.1, -0.05) is 18.2 Å². The summed E-state index contributed by atoms with van der Waals surface area (Å²) in [5.41, 5.74) is 2.50. The number of benzene rings is 2. The van der Waals surface area contributed by atoms with Gasteiger partial charge in [-0.3, -0.25) is 4.79 Å². The van der Waals surface area contributed by atoms with Crippen LogP contribution in [-0.2, 0) is 6.54 Å². The first kappa shape index (κ1) is 15.7. The van der Waals surface area contributed by atoms with Crippen molar-refractivity contribution in [1.82, 2.24) is 4.90 Å². The second-order valence-electron chi connectivity index (χ2n) is 4.93. The van der Waals surface area contributed by atoms with E-state index in [9.17, 15) is 9.18 Å². The molecule has 4 heteroatoms. The van der Waals surface area contributed by atoms with Gasteiger partial charge in [0.2, 0.25) is 0 Å². The van der Waals surface area contributed by atoms with Gasteiger partial charge < -0.3 is 4.90 Å². The smallest absolute Gasteiger partial charge is 0.255 e. The maximum atomic E-state index is 13.2. The van der Waals surface area contributed by atoms with Gasteiger partial charge in [-0.05, 0) is 65.2 Å². The molecular formula is C17H17BrFNO. The summed E-state index contributed by atoms with van der Waals surface area (Å²) in [6.07, 6.45) is 0. The predicted octanol–water partition coefficient (Wildman–Crippen LogP) is 4.56. The van der Waals surface area contributed by atoms with E-state index in [0.717, 1.165) is 15.6 Å². The highest BCUT2D eigenvalue weighted by Gasteiger charge is 2.17. The molecule has 110 valence electrons. The van der Waals surface area contributed by atoms with Crippen LogP contribution < -0.4 is 0 Å². The number of hydrogen-bond acceptors (Lipinski definition) is 1. The molecule has 0 saturated carbocycles. The Balaban J connectivity index is 2.22. The van der Waals surface area contributed by atoms with Crippen LogP contribution in [0.4, 0.5) is 4.39 Å². The van der Waals surface area contributed by atoms with Crippen LogP contribution in [0.3, 0.4) is 0 Å². The molecule has 1 amide bonds. The highest BCUT2D eigenvalue weighted by atomic mass is 79.9. The first-order valence-electron chi connectivity index (χ1n) is 6.81. The molecule has 21 heavy (non-hydrogen) atoms. The SMILES string of the molecule is CCN(Cc1cccc(F)c1)C(=O)c1ccc(C)cc1Br. The Morgan fingerprint density at radius 2 is 2.00 bits per heavy atom. The van der Waals surface area contributed by atoms with Crippen LogP contribution >= 0.6 is 15.9 Å². The molecule has 0 aliphatic rings. The van der Waals surface area contributed by atoms with E-state index in [1.165, 1.54) is 12.1 Å². The van der Waals surface area contributed by atoms with Crippen molar-refractivity contribution in [3.8, 4) is 0 Å². The summed E-state index contributed by atoms with van der Waals surface area (Å²) in [6, 6.07) is 12.0. The van der Waals surface area contributed by atoms with Crippen molar-refractivity contribution >= 4 is 21.8 Å². The van der Waals surface area contributed by atoms with Crippen LogP contribution in [0.5, 0.6) is 0 Å². The number of hydrogen-bond donors (Lipinski definition) is 0. The highest BCUT2D eigenvalue weighted by molar-refractivity contribution is 9.10. The van der Waals surface area contributed by atoms with E-state index >= 15 is 0 Å². The van der Waals surface area contributed by atoms with Gasteiger partial charge in [-0.25, -0.2) is 4.39 Å². The molecule has 0 aliphatic heterocycles. The largest absolute Gasteiger partial charge is 0.335 e. The van der Waals surface area contributed by atoms with Gasteiger partial charge in [0.05, 0.1) is 5.56 Å². The average Bonchev–Trinajstić information content (AvgIpc) is 2.44. The average molecular weight is 350 g/mol. The van der Waals surface area contributed by atoms with Gasteiger partial charge in [0.1, 0.15) is 5.82 Å². The van der Waals surface area contributed by atoms with E-state index < -0.39 is 0 Å². The van der Waals surface area contributed by atoms with Crippen molar-refractivity contribution < 1.29 is 9.18 Å². The topological polar surface area (TPSA) is 20.3 Å². The third-order valence-corrected chi connectivity index (χ3v) is 3.94. The lowest BCUT2D eigenvalue weighted by Gasteiger charge is -2.22. The molecule has 0 saturated heterocycles. The molecule has 2 aromatic rings. The van der Waals surface area contributed by atoms with E-state index in [0.29, 0.717) is 18.7 Å². The summed E-state index contributed by atoms with van der Waals surface area (Å²) < 4.78 is 14.0. The predicted molar refractivity (Wildman–Crippen MR) is 85.7 cm³/mol. The number of aryl methyl sites for hydroxylation is 1. The second kappa shape index (κ2) is 6.85.